The highest BCUT2D eigenvalue weighted by atomic mass is 16.3. The number of amides is 1. The van der Waals surface area contributed by atoms with Gasteiger partial charge in [0.1, 0.15) is 0 Å². The SMILES string of the molecule is CCC(O)c1cc2n(n1)CCCN(C(=O)c1cccc3cnccc13)C2. The predicted octanol–water partition coefficient (Wildman–Crippen LogP) is 2.92. The van der Waals surface area contributed by atoms with Crippen molar-refractivity contribution >= 4 is 16.7 Å². The molecule has 0 saturated heterocycles. The van der Waals surface area contributed by atoms with E-state index in [1.165, 1.54) is 0 Å². The quantitative estimate of drug-likeness (QED) is 0.788. The number of aryl methyl sites for hydroxylation is 1. The molecule has 1 unspecified atom stereocenters. The summed E-state index contributed by atoms with van der Waals surface area (Å²) in [7, 11) is 0. The third-order valence-electron chi connectivity index (χ3n) is 4.96. The second kappa shape index (κ2) is 6.88. The molecular weight excluding hydrogens is 328 g/mol. The van der Waals surface area contributed by atoms with Gasteiger partial charge in [-0.2, -0.15) is 5.10 Å². The predicted molar refractivity (Wildman–Crippen MR) is 98.6 cm³/mol. The van der Waals surface area contributed by atoms with E-state index in [0.29, 0.717) is 30.8 Å². The van der Waals surface area contributed by atoms with Crippen molar-refractivity contribution in [1.82, 2.24) is 19.7 Å². The highest BCUT2D eigenvalue weighted by Crippen LogP contribution is 2.23. The Morgan fingerprint density at radius 2 is 2.19 bits per heavy atom. The largest absolute Gasteiger partial charge is 0.387 e. The molecule has 0 spiro atoms. The minimum atomic E-state index is -0.552. The molecule has 1 aliphatic heterocycles. The van der Waals surface area contributed by atoms with Crippen LogP contribution >= 0.6 is 0 Å². The summed E-state index contributed by atoms with van der Waals surface area (Å²) >= 11 is 0. The molecular formula is C20H22N4O2. The standard InChI is InChI=1S/C20H22N4O2/c1-2-19(25)18-11-15-13-23(9-4-10-24(15)22-18)20(26)17-6-3-5-14-12-21-8-7-16(14)17/h3,5-8,11-12,19,25H,2,4,9-10,13H2,1H3. The molecule has 1 aliphatic rings. The van der Waals surface area contributed by atoms with Crippen LogP contribution < -0.4 is 0 Å². The Hall–Kier alpha value is -2.73. The number of nitrogens with zero attached hydrogens (tertiary/aromatic N) is 4. The van der Waals surface area contributed by atoms with Gasteiger partial charge in [0.05, 0.1) is 24.0 Å². The number of carbonyl (C=O) groups excluding carboxylic acids is 1. The van der Waals surface area contributed by atoms with Gasteiger partial charge in [0.15, 0.2) is 0 Å². The average molecular weight is 350 g/mol. The maximum atomic E-state index is 13.2. The molecule has 1 aromatic carbocycles. The lowest BCUT2D eigenvalue weighted by atomic mass is 10.1. The molecule has 1 N–H and O–H groups in total. The molecule has 4 rings (SSSR count). The van der Waals surface area contributed by atoms with Crippen LogP contribution in [0.4, 0.5) is 0 Å². The van der Waals surface area contributed by atoms with Gasteiger partial charge in [-0.05, 0) is 36.4 Å². The molecule has 1 atom stereocenters. The number of rotatable bonds is 3. The number of pyridine rings is 1. The number of benzene rings is 1. The van der Waals surface area contributed by atoms with Crippen LogP contribution in [0.2, 0.25) is 0 Å². The first-order valence-electron chi connectivity index (χ1n) is 9.04. The molecule has 26 heavy (non-hydrogen) atoms. The maximum absolute atomic E-state index is 13.2. The average Bonchev–Trinajstić information content (AvgIpc) is 2.98. The van der Waals surface area contributed by atoms with Gasteiger partial charge in [-0.3, -0.25) is 14.5 Å². The zero-order chi connectivity index (χ0) is 18.1. The van der Waals surface area contributed by atoms with Crippen molar-refractivity contribution in [2.45, 2.75) is 39.0 Å². The van der Waals surface area contributed by atoms with E-state index in [9.17, 15) is 9.90 Å². The van der Waals surface area contributed by atoms with Crippen molar-refractivity contribution in [2.75, 3.05) is 6.54 Å². The van der Waals surface area contributed by atoms with Gasteiger partial charge in [-0.1, -0.05) is 19.1 Å². The van der Waals surface area contributed by atoms with E-state index in [1.54, 1.807) is 12.4 Å². The third kappa shape index (κ3) is 2.97. The smallest absolute Gasteiger partial charge is 0.254 e. The number of hydrogen-bond acceptors (Lipinski definition) is 4. The molecule has 3 heterocycles. The van der Waals surface area contributed by atoms with Gasteiger partial charge in [0.2, 0.25) is 0 Å². The van der Waals surface area contributed by atoms with Gasteiger partial charge < -0.3 is 10.0 Å². The minimum absolute atomic E-state index is 0.0223. The monoisotopic (exact) mass is 350 g/mol. The van der Waals surface area contributed by atoms with Crippen molar-refractivity contribution in [1.29, 1.82) is 0 Å². The number of hydrogen-bond donors (Lipinski definition) is 1. The lowest BCUT2D eigenvalue weighted by Crippen LogP contribution is -2.30. The van der Waals surface area contributed by atoms with Gasteiger partial charge in [0, 0.05) is 36.4 Å². The second-order valence-corrected chi connectivity index (χ2v) is 6.69. The fourth-order valence-electron chi connectivity index (χ4n) is 3.51. The van der Waals surface area contributed by atoms with E-state index < -0.39 is 6.10 Å². The van der Waals surface area contributed by atoms with E-state index in [2.05, 4.69) is 10.1 Å². The van der Waals surface area contributed by atoms with Crippen molar-refractivity contribution < 1.29 is 9.90 Å². The van der Waals surface area contributed by atoms with E-state index in [4.69, 9.17) is 0 Å². The maximum Gasteiger partial charge on any atom is 0.254 e. The fourth-order valence-corrected chi connectivity index (χ4v) is 3.51. The Kier molecular flexibility index (Phi) is 4.42. The fraction of sp³-hybridized carbons (Fsp3) is 0.350. The van der Waals surface area contributed by atoms with Gasteiger partial charge in [-0.15, -0.1) is 0 Å². The molecule has 6 heteroatoms. The van der Waals surface area contributed by atoms with Crippen LogP contribution in [0.15, 0.2) is 42.7 Å². The zero-order valence-electron chi connectivity index (χ0n) is 14.8. The number of aromatic nitrogens is 3. The summed E-state index contributed by atoms with van der Waals surface area (Å²) in [4.78, 5) is 19.2. The van der Waals surface area contributed by atoms with Gasteiger partial charge in [0.25, 0.3) is 5.91 Å². The first-order valence-corrected chi connectivity index (χ1v) is 9.04. The van der Waals surface area contributed by atoms with Crippen molar-refractivity contribution in [3.8, 4) is 0 Å². The lowest BCUT2D eigenvalue weighted by molar-refractivity contribution is 0.0747. The van der Waals surface area contributed by atoms with Crippen molar-refractivity contribution in [3.05, 3.63) is 59.7 Å². The molecule has 6 nitrogen and oxygen atoms in total. The Morgan fingerprint density at radius 3 is 3.04 bits per heavy atom. The molecule has 0 bridgehead atoms. The molecule has 134 valence electrons. The van der Waals surface area contributed by atoms with Crippen LogP contribution in [0.3, 0.4) is 0 Å². The lowest BCUT2D eigenvalue weighted by Gasteiger charge is -2.21. The van der Waals surface area contributed by atoms with Crippen molar-refractivity contribution in [3.63, 3.8) is 0 Å². The molecule has 0 aliphatic carbocycles. The molecule has 0 fully saturated rings. The number of carbonyl (C=O) groups is 1. The number of aliphatic hydroxyl groups is 1. The molecule has 0 radical (unpaired) electrons. The minimum Gasteiger partial charge on any atom is -0.387 e. The Bertz CT molecular complexity index is 945. The summed E-state index contributed by atoms with van der Waals surface area (Å²) in [6.45, 7) is 3.88. The molecule has 1 amide bonds. The Balaban J connectivity index is 1.65. The number of aliphatic hydroxyl groups excluding tert-OH is 1. The summed E-state index contributed by atoms with van der Waals surface area (Å²) in [5.41, 5.74) is 2.36. The first-order chi connectivity index (χ1) is 12.7. The first kappa shape index (κ1) is 16.7. The van der Waals surface area contributed by atoms with E-state index in [0.717, 1.165) is 29.4 Å². The summed E-state index contributed by atoms with van der Waals surface area (Å²) in [5.74, 6) is 0.0223. The van der Waals surface area contributed by atoms with Crippen LogP contribution in [0, 0.1) is 0 Å². The summed E-state index contributed by atoms with van der Waals surface area (Å²) < 4.78 is 1.93. The van der Waals surface area contributed by atoms with Crippen LogP contribution in [0.1, 0.15) is 47.6 Å². The van der Waals surface area contributed by atoms with Crippen LogP contribution in [-0.2, 0) is 13.1 Å². The van der Waals surface area contributed by atoms with E-state index in [1.807, 2.05) is 46.8 Å². The van der Waals surface area contributed by atoms with Gasteiger partial charge >= 0.3 is 0 Å². The molecule has 3 aromatic rings. The van der Waals surface area contributed by atoms with Crippen molar-refractivity contribution in [2.24, 2.45) is 0 Å². The summed E-state index contributed by atoms with van der Waals surface area (Å²) in [6, 6.07) is 9.55. The van der Waals surface area contributed by atoms with Crippen LogP contribution in [0.25, 0.3) is 10.8 Å². The normalized spacial score (nSPS) is 15.5. The Morgan fingerprint density at radius 1 is 1.31 bits per heavy atom. The van der Waals surface area contributed by atoms with Crippen LogP contribution in [0.5, 0.6) is 0 Å². The van der Waals surface area contributed by atoms with Crippen LogP contribution in [-0.4, -0.2) is 37.2 Å². The number of fused-ring (bicyclic) bond motifs is 2. The summed E-state index contributed by atoms with van der Waals surface area (Å²) in [6.07, 6.45) is 4.42. The highest BCUT2D eigenvalue weighted by Gasteiger charge is 2.24. The van der Waals surface area contributed by atoms with Gasteiger partial charge in [-0.25, -0.2) is 0 Å². The highest BCUT2D eigenvalue weighted by molar-refractivity contribution is 6.06. The summed E-state index contributed by atoms with van der Waals surface area (Å²) in [5, 5.41) is 16.5. The van der Waals surface area contributed by atoms with E-state index >= 15 is 0 Å². The topological polar surface area (TPSA) is 71.2 Å². The molecule has 2 aromatic heterocycles. The zero-order valence-corrected chi connectivity index (χ0v) is 14.8. The third-order valence-corrected chi connectivity index (χ3v) is 4.96. The Labute approximate surface area is 152 Å². The molecule has 0 saturated carbocycles. The second-order valence-electron chi connectivity index (χ2n) is 6.69. The van der Waals surface area contributed by atoms with E-state index in [-0.39, 0.29) is 5.91 Å².